The number of amides is 1. The van der Waals surface area contributed by atoms with E-state index in [-0.39, 0.29) is 12.1 Å². The lowest BCUT2D eigenvalue weighted by Gasteiger charge is -2.11. The van der Waals surface area contributed by atoms with Crippen molar-refractivity contribution in [2.75, 3.05) is 19.5 Å². The normalized spacial score (nSPS) is 10.7. The number of nitrogens with zero attached hydrogens (tertiary/aromatic N) is 2. The summed E-state index contributed by atoms with van der Waals surface area (Å²) >= 11 is 1.09. The first-order valence-electron chi connectivity index (χ1n) is 8.37. The van der Waals surface area contributed by atoms with Crippen molar-refractivity contribution in [2.24, 2.45) is 0 Å². The zero-order valence-corrected chi connectivity index (χ0v) is 16.7. The maximum absolute atomic E-state index is 12.8. The molecule has 0 radical (unpaired) electrons. The molecule has 3 aromatic rings. The smallest absolute Gasteiger partial charge is 0.348 e. The van der Waals surface area contributed by atoms with Crippen molar-refractivity contribution in [3.63, 3.8) is 0 Å². The standard InChI is InChI=1S/C19H19N3O5S/c1-10-5-6-13(26-3)12(7-10)21-14(23)8-22-9-20-17-15(18(22)24)11(2)16(28-17)19(25)27-4/h5-7,9H,8H2,1-4H3,(H,21,23). The Kier molecular flexibility index (Phi) is 5.46. The largest absolute Gasteiger partial charge is 0.495 e. The summed E-state index contributed by atoms with van der Waals surface area (Å²) in [6, 6.07) is 5.41. The van der Waals surface area contributed by atoms with E-state index in [0.29, 0.717) is 32.1 Å². The first kappa shape index (κ1) is 19.6. The minimum Gasteiger partial charge on any atom is -0.495 e. The summed E-state index contributed by atoms with van der Waals surface area (Å²) in [5.74, 6) is -0.389. The Bertz CT molecular complexity index is 1130. The molecule has 0 aliphatic rings. The molecule has 1 N–H and O–H groups in total. The molecule has 1 aromatic carbocycles. The fourth-order valence-electron chi connectivity index (χ4n) is 2.82. The summed E-state index contributed by atoms with van der Waals surface area (Å²) in [6.07, 6.45) is 1.30. The van der Waals surface area contributed by atoms with Crippen molar-refractivity contribution in [2.45, 2.75) is 20.4 Å². The topological polar surface area (TPSA) is 99.5 Å². The highest BCUT2D eigenvalue weighted by atomic mass is 32.1. The Morgan fingerprint density at radius 2 is 2.00 bits per heavy atom. The minimum absolute atomic E-state index is 0.221. The summed E-state index contributed by atoms with van der Waals surface area (Å²) in [7, 11) is 2.79. The van der Waals surface area contributed by atoms with Crippen LogP contribution in [0.15, 0.2) is 29.3 Å². The quantitative estimate of drug-likeness (QED) is 0.660. The molecule has 3 rings (SSSR count). The molecular formula is C19H19N3O5S. The van der Waals surface area contributed by atoms with Gasteiger partial charge in [-0.15, -0.1) is 11.3 Å². The van der Waals surface area contributed by atoms with Crippen LogP contribution in [0.4, 0.5) is 5.69 Å². The van der Waals surface area contributed by atoms with Crippen molar-refractivity contribution >= 4 is 39.1 Å². The average molecular weight is 401 g/mol. The molecule has 1 amide bonds. The van der Waals surface area contributed by atoms with E-state index in [0.717, 1.165) is 16.9 Å². The number of nitrogens with one attached hydrogen (secondary N) is 1. The number of aryl methyl sites for hydroxylation is 2. The van der Waals surface area contributed by atoms with Gasteiger partial charge in [0, 0.05) is 0 Å². The highest BCUT2D eigenvalue weighted by Gasteiger charge is 2.20. The van der Waals surface area contributed by atoms with Crippen LogP contribution in [-0.4, -0.2) is 35.6 Å². The van der Waals surface area contributed by atoms with E-state index in [1.807, 2.05) is 13.0 Å². The van der Waals surface area contributed by atoms with E-state index in [1.165, 1.54) is 25.1 Å². The molecule has 0 fully saturated rings. The highest BCUT2D eigenvalue weighted by Crippen LogP contribution is 2.27. The van der Waals surface area contributed by atoms with E-state index >= 15 is 0 Å². The lowest BCUT2D eigenvalue weighted by atomic mass is 10.2. The molecule has 0 aliphatic heterocycles. The molecule has 146 valence electrons. The van der Waals surface area contributed by atoms with Gasteiger partial charge >= 0.3 is 5.97 Å². The number of anilines is 1. The van der Waals surface area contributed by atoms with E-state index in [1.54, 1.807) is 19.1 Å². The van der Waals surface area contributed by atoms with Gasteiger partial charge in [-0.25, -0.2) is 9.78 Å². The van der Waals surface area contributed by atoms with E-state index < -0.39 is 11.9 Å². The van der Waals surface area contributed by atoms with E-state index in [4.69, 9.17) is 9.47 Å². The van der Waals surface area contributed by atoms with E-state index in [9.17, 15) is 14.4 Å². The molecular weight excluding hydrogens is 382 g/mol. The molecule has 8 nitrogen and oxygen atoms in total. The molecule has 0 atom stereocenters. The van der Waals surface area contributed by atoms with Crippen molar-refractivity contribution in [1.29, 1.82) is 0 Å². The summed E-state index contributed by atoms with van der Waals surface area (Å²) in [5, 5.41) is 3.06. The Morgan fingerprint density at radius 3 is 2.68 bits per heavy atom. The molecule has 0 spiro atoms. The lowest BCUT2D eigenvalue weighted by molar-refractivity contribution is -0.116. The number of hydrogen-bond acceptors (Lipinski definition) is 7. The fraction of sp³-hybridized carbons (Fsp3) is 0.263. The van der Waals surface area contributed by atoms with Gasteiger partial charge in [-0.1, -0.05) is 6.07 Å². The number of rotatable bonds is 5. The molecule has 28 heavy (non-hydrogen) atoms. The second kappa shape index (κ2) is 7.81. The number of esters is 1. The van der Waals surface area contributed by atoms with Gasteiger partial charge < -0.3 is 14.8 Å². The van der Waals surface area contributed by atoms with Gasteiger partial charge in [0.1, 0.15) is 22.0 Å². The number of fused-ring (bicyclic) bond motifs is 1. The number of thiophene rings is 1. The van der Waals surface area contributed by atoms with Crippen molar-refractivity contribution in [3.05, 3.63) is 50.9 Å². The van der Waals surface area contributed by atoms with Gasteiger partial charge in [-0.3, -0.25) is 14.2 Å². The van der Waals surface area contributed by atoms with Crippen LogP contribution in [0.2, 0.25) is 0 Å². The van der Waals surface area contributed by atoms with Gasteiger partial charge in [0.25, 0.3) is 5.56 Å². The molecule has 0 unspecified atom stereocenters. The molecule has 0 saturated carbocycles. The number of hydrogen-bond donors (Lipinski definition) is 1. The monoisotopic (exact) mass is 401 g/mol. The average Bonchev–Trinajstić information content (AvgIpc) is 3.01. The van der Waals surface area contributed by atoms with Crippen LogP contribution in [0.3, 0.4) is 0 Å². The predicted octanol–water partition coefficient (Wildman–Crippen LogP) is 2.51. The van der Waals surface area contributed by atoms with Gasteiger partial charge in [0.15, 0.2) is 0 Å². The predicted molar refractivity (Wildman–Crippen MR) is 106 cm³/mol. The Hall–Kier alpha value is -3.20. The second-order valence-corrected chi connectivity index (χ2v) is 7.16. The molecule has 0 bridgehead atoms. The third-order valence-corrected chi connectivity index (χ3v) is 5.41. The SMILES string of the molecule is COC(=O)c1sc2ncn(CC(=O)Nc3cc(C)ccc3OC)c(=O)c2c1C. The van der Waals surface area contributed by atoms with Crippen LogP contribution in [-0.2, 0) is 16.1 Å². The third kappa shape index (κ3) is 3.61. The maximum atomic E-state index is 12.8. The van der Waals surface area contributed by atoms with Crippen LogP contribution in [0.25, 0.3) is 10.2 Å². The Morgan fingerprint density at radius 1 is 1.25 bits per heavy atom. The van der Waals surface area contributed by atoms with Crippen molar-refractivity contribution in [1.82, 2.24) is 9.55 Å². The van der Waals surface area contributed by atoms with Gasteiger partial charge in [0.05, 0.1) is 31.6 Å². The first-order chi connectivity index (χ1) is 13.3. The molecule has 9 heteroatoms. The van der Waals surface area contributed by atoms with Gasteiger partial charge in [0.2, 0.25) is 5.91 Å². The van der Waals surface area contributed by atoms with Crippen LogP contribution in [0.5, 0.6) is 5.75 Å². The Labute approximate surface area is 164 Å². The zero-order chi connectivity index (χ0) is 20.4. The number of methoxy groups -OCH3 is 2. The molecule has 2 aromatic heterocycles. The number of carbonyl (C=O) groups is 2. The third-order valence-electron chi connectivity index (χ3n) is 4.23. The number of carbonyl (C=O) groups excluding carboxylic acids is 2. The zero-order valence-electron chi connectivity index (χ0n) is 15.9. The lowest BCUT2D eigenvalue weighted by Crippen LogP contribution is -2.28. The van der Waals surface area contributed by atoms with Crippen LogP contribution in [0, 0.1) is 13.8 Å². The van der Waals surface area contributed by atoms with E-state index in [2.05, 4.69) is 10.3 Å². The summed E-state index contributed by atoms with van der Waals surface area (Å²) in [6.45, 7) is 3.34. The maximum Gasteiger partial charge on any atom is 0.348 e. The summed E-state index contributed by atoms with van der Waals surface area (Å²) in [5.41, 5.74) is 1.59. The molecule has 2 heterocycles. The van der Waals surface area contributed by atoms with Crippen LogP contribution < -0.4 is 15.6 Å². The summed E-state index contributed by atoms with van der Waals surface area (Å²) in [4.78, 5) is 42.1. The molecule has 0 saturated heterocycles. The summed E-state index contributed by atoms with van der Waals surface area (Å²) < 4.78 is 11.2. The number of benzene rings is 1. The first-order valence-corrected chi connectivity index (χ1v) is 9.18. The van der Waals surface area contributed by atoms with Crippen LogP contribution in [0.1, 0.15) is 20.8 Å². The Balaban J connectivity index is 1.90. The highest BCUT2D eigenvalue weighted by molar-refractivity contribution is 7.20. The van der Waals surface area contributed by atoms with Crippen molar-refractivity contribution < 1.29 is 19.1 Å². The van der Waals surface area contributed by atoms with Crippen molar-refractivity contribution in [3.8, 4) is 5.75 Å². The minimum atomic E-state index is -0.518. The number of aromatic nitrogens is 2. The van der Waals surface area contributed by atoms with Crippen LogP contribution >= 0.6 is 11.3 Å². The van der Waals surface area contributed by atoms with Gasteiger partial charge in [-0.2, -0.15) is 0 Å². The second-order valence-electron chi connectivity index (χ2n) is 6.16. The fourth-order valence-corrected chi connectivity index (χ4v) is 3.88. The molecule has 0 aliphatic carbocycles. The van der Waals surface area contributed by atoms with Gasteiger partial charge in [-0.05, 0) is 37.1 Å². The number of ether oxygens (including phenoxy) is 2.